The molecular formula is C27H32N6O2. The number of allylic oxidation sites excluding steroid dienone is 1. The smallest absolute Gasteiger partial charge is 0.250 e. The number of pyridine rings is 1. The topological polar surface area (TPSA) is 130 Å². The number of nitrogens with one attached hydrogen (secondary N) is 2. The lowest BCUT2D eigenvalue weighted by Gasteiger charge is -2.12. The molecule has 0 spiro atoms. The lowest BCUT2D eigenvalue weighted by molar-refractivity contribution is 0.453. The molecule has 0 unspecified atom stereocenters. The molecule has 0 amide bonds. The summed E-state index contributed by atoms with van der Waals surface area (Å²) in [5.41, 5.74) is 9.15. The van der Waals surface area contributed by atoms with E-state index in [4.69, 9.17) is 11.1 Å². The Labute approximate surface area is 205 Å². The quantitative estimate of drug-likeness (QED) is 0.273. The van der Waals surface area contributed by atoms with Crippen molar-refractivity contribution in [2.45, 2.75) is 45.2 Å². The van der Waals surface area contributed by atoms with Crippen LogP contribution < -0.4 is 16.6 Å². The number of hydrogen-bond donors (Lipinski definition) is 4. The van der Waals surface area contributed by atoms with Gasteiger partial charge in [0.2, 0.25) is 0 Å². The van der Waals surface area contributed by atoms with E-state index in [9.17, 15) is 9.90 Å². The molecule has 1 fully saturated rings. The fourth-order valence-electron chi connectivity index (χ4n) is 4.50. The van der Waals surface area contributed by atoms with Crippen molar-refractivity contribution in [2.75, 3.05) is 12.8 Å². The molecule has 1 saturated carbocycles. The van der Waals surface area contributed by atoms with Crippen LogP contribution in [-0.4, -0.2) is 32.4 Å². The van der Waals surface area contributed by atoms with Crippen LogP contribution in [0.15, 0.2) is 59.7 Å². The number of aromatic nitrogens is 3. The number of hydrogen-bond acceptors (Lipinski definition) is 7. The Morgan fingerprint density at radius 3 is 2.69 bits per heavy atom. The highest BCUT2D eigenvalue weighted by molar-refractivity contribution is 6.09. The van der Waals surface area contributed by atoms with E-state index in [2.05, 4.69) is 15.3 Å². The van der Waals surface area contributed by atoms with Gasteiger partial charge in [0.15, 0.2) is 5.82 Å². The summed E-state index contributed by atoms with van der Waals surface area (Å²) in [5, 5.41) is 22.2. The zero-order valence-electron chi connectivity index (χ0n) is 20.0. The van der Waals surface area contributed by atoms with Crippen LogP contribution >= 0.6 is 0 Å². The van der Waals surface area contributed by atoms with Crippen LogP contribution in [0, 0.1) is 11.3 Å². The number of rotatable bonds is 9. The van der Waals surface area contributed by atoms with E-state index < -0.39 is 0 Å². The molecule has 0 bridgehead atoms. The third kappa shape index (κ3) is 6.02. The second-order valence-electron chi connectivity index (χ2n) is 9.05. The van der Waals surface area contributed by atoms with Gasteiger partial charge in [-0.15, -0.1) is 0 Å². The summed E-state index contributed by atoms with van der Waals surface area (Å²) >= 11 is 0. The maximum absolute atomic E-state index is 12.4. The number of aliphatic hydroxyl groups is 1. The summed E-state index contributed by atoms with van der Waals surface area (Å²) < 4.78 is 1.72. The number of aliphatic hydroxyl groups excluding tert-OH is 1. The minimum Gasteiger partial charge on any atom is -0.505 e. The molecule has 8 heteroatoms. The maximum Gasteiger partial charge on any atom is 0.250 e. The fourth-order valence-corrected chi connectivity index (χ4v) is 4.50. The highest BCUT2D eigenvalue weighted by atomic mass is 16.3. The highest BCUT2D eigenvalue weighted by Gasteiger charge is 2.16. The molecule has 0 radical (unpaired) electrons. The van der Waals surface area contributed by atoms with Gasteiger partial charge in [0.1, 0.15) is 11.5 Å². The van der Waals surface area contributed by atoms with E-state index in [1.165, 1.54) is 44.0 Å². The number of anilines is 1. The van der Waals surface area contributed by atoms with E-state index >= 15 is 0 Å². The minimum atomic E-state index is -0.240. The molecule has 2 aromatic heterocycles. The Hall–Kier alpha value is -3.78. The predicted molar refractivity (Wildman–Crippen MR) is 139 cm³/mol. The van der Waals surface area contributed by atoms with Gasteiger partial charge in [0.25, 0.3) is 5.56 Å². The van der Waals surface area contributed by atoms with Gasteiger partial charge in [-0.25, -0.2) is 9.97 Å². The predicted octanol–water partition coefficient (Wildman–Crippen LogP) is 4.15. The van der Waals surface area contributed by atoms with Crippen LogP contribution in [0.4, 0.5) is 5.82 Å². The van der Waals surface area contributed by atoms with Crippen molar-refractivity contribution in [1.82, 2.24) is 19.9 Å². The summed E-state index contributed by atoms with van der Waals surface area (Å²) in [6, 6.07) is 10.8. The number of benzene rings is 1. The van der Waals surface area contributed by atoms with Crippen molar-refractivity contribution in [1.29, 1.82) is 5.41 Å². The van der Waals surface area contributed by atoms with E-state index in [0.29, 0.717) is 29.3 Å². The van der Waals surface area contributed by atoms with Gasteiger partial charge in [-0.2, -0.15) is 0 Å². The van der Waals surface area contributed by atoms with E-state index in [0.717, 1.165) is 18.5 Å². The van der Waals surface area contributed by atoms with Gasteiger partial charge in [-0.1, -0.05) is 49.9 Å². The molecular weight excluding hydrogens is 440 g/mol. The van der Waals surface area contributed by atoms with Crippen molar-refractivity contribution >= 4 is 17.3 Å². The van der Waals surface area contributed by atoms with Gasteiger partial charge < -0.3 is 26.1 Å². The normalized spacial score (nSPS) is 14.4. The fraction of sp³-hybridized carbons (Fsp3) is 0.333. The summed E-state index contributed by atoms with van der Waals surface area (Å²) in [5.74, 6) is 0.510. The van der Waals surface area contributed by atoms with E-state index in [1.807, 2.05) is 31.3 Å². The average Bonchev–Trinajstić information content (AvgIpc) is 3.38. The van der Waals surface area contributed by atoms with Crippen molar-refractivity contribution in [3.8, 4) is 11.3 Å². The highest BCUT2D eigenvalue weighted by Crippen LogP contribution is 2.28. The summed E-state index contributed by atoms with van der Waals surface area (Å²) in [6.07, 6.45) is 10.7. The maximum atomic E-state index is 12.4. The Morgan fingerprint density at radius 2 is 1.97 bits per heavy atom. The molecule has 0 atom stereocenters. The monoisotopic (exact) mass is 472 g/mol. The lowest BCUT2D eigenvalue weighted by Crippen LogP contribution is -2.20. The van der Waals surface area contributed by atoms with Gasteiger partial charge in [-0.3, -0.25) is 4.79 Å². The third-order valence-electron chi connectivity index (χ3n) is 6.50. The molecule has 0 saturated heterocycles. The first kappa shape index (κ1) is 24.3. The summed E-state index contributed by atoms with van der Waals surface area (Å²) in [7, 11) is 1.88. The van der Waals surface area contributed by atoms with Gasteiger partial charge in [-0.05, 0) is 36.6 Å². The molecule has 8 nitrogen and oxygen atoms in total. The molecule has 35 heavy (non-hydrogen) atoms. The van der Waals surface area contributed by atoms with Crippen LogP contribution in [0.1, 0.15) is 48.9 Å². The van der Waals surface area contributed by atoms with Crippen LogP contribution in [0.25, 0.3) is 17.0 Å². The van der Waals surface area contributed by atoms with E-state index in [-0.39, 0.29) is 28.5 Å². The first-order valence-electron chi connectivity index (χ1n) is 12.0. The first-order chi connectivity index (χ1) is 16.9. The van der Waals surface area contributed by atoms with Gasteiger partial charge in [0.05, 0.1) is 17.6 Å². The van der Waals surface area contributed by atoms with Crippen LogP contribution in [-0.2, 0) is 13.1 Å². The molecule has 4 rings (SSSR count). The second-order valence-corrected chi connectivity index (χ2v) is 9.05. The number of nitrogens with zero attached hydrogens (tertiary/aromatic N) is 3. The number of nitrogen functional groups attached to an aromatic ring is 1. The summed E-state index contributed by atoms with van der Waals surface area (Å²) in [4.78, 5) is 21.1. The Morgan fingerprint density at radius 1 is 1.23 bits per heavy atom. The Bertz CT molecular complexity index is 1270. The number of aryl methyl sites for hydroxylation is 1. The zero-order valence-corrected chi connectivity index (χ0v) is 20.0. The van der Waals surface area contributed by atoms with E-state index in [1.54, 1.807) is 16.8 Å². The zero-order chi connectivity index (χ0) is 24.8. The lowest BCUT2D eigenvalue weighted by atomic mass is 10.0. The van der Waals surface area contributed by atoms with Crippen molar-refractivity contribution < 1.29 is 5.11 Å². The Kier molecular flexibility index (Phi) is 7.72. The first-order valence-corrected chi connectivity index (χ1v) is 12.0. The van der Waals surface area contributed by atoms with Crippen LogP contribution in [0.5, 0.6) is 0 Å². The standard InChI is InChI=1S/C27H32N6O2/c1-30-15-19-6-8-20(9-7-19)22(28)14-24(34)26-27(29)31-16-23(32-26)21-10-11-25(35)33(17-21)13-12-18-4-2-3-5-18/h6-11,14,16-18,28,30,34H,2-5,12-13,15H2,1H3,(H2,29,31)/b24-14-,28-22?. The second kappa shape index (κ2) is 11.1. The Balaban J connectivity index is 1.55. The SMILES string of the molecule is CNCc1ccc(C(=N)/C=C(\O)c2nc(-c3ccc(=O)n(CCC4CCCC4)c3)cnc2N)cc1. The largest absolute Gasteiger partial charge is 0.505 e. The van der Waals surface area contributed by atoms with Crippen molar-refractivity contribution in [3.05, 3.63) is 82.0 Å². The molecule has 1 aliphatic rings. The molecule has 182 valence electrons. The van der Waals surface area contributed by atoms with Crippen molar-refractivity contribution in [2.24, 2.45) is 5.92 Å². The molecule has 5 N–H and O–H groups in total. The average molecular weight is 473 g/mol. The molecule has 1 aliphatic carbocycles. The van der Waals surface area contributed by atoms with Crippen LogP contribution in [0.3, 0.4) is 0 Å². The molecule has 1 aromatic carbocycles. The summed E-state index contributed by atoms with van der Waals surface area (Å²) in [6.45, 7) is 1.41. The minimum absolute atomic E-state index is 0.0488. The van der Waals surface area contributed by atoms with Gasteiger partial charge in [0, 0.05) is 37.0 Å². The third-order valence-corrected chi connectivity index (χ3v) is 6.50. The molecule has 3 aromatic rings. The van der Waals surface area contributed by atoms with Crippen LogP contribution in [0.2, 0.25) is 0 Å². The van der Waals surface area contributed by atoms with Crippen molar-refractivity contribution in [3.63, 3.8) is 0 Å². The van der Waals surface area contributed by atoms with Gasteiger partial charge >= 0.3 is 0 Å². The molecule has 2 heterocycles. The molecule has 0 aliphatic heterocycles. The number of nitrogens with two attached hydrogens (primary N) is 1.